The molecular weight excluding hydrogens is 254 g/mol. The maximum atomic E-state index is 11.6. The maximum absolute atomic E-state index is 11.6. The number of methoxy groups -OCH3 is 2. The molecule has 1 N–H and O–H groups in total. The van der Waals surface area contributed by atoms with Gasteiger partial charge in [0.05, 0.1) is 17.8 Å². The van der Waals surface area contributed by atoms with Crippen molar-refractivity contribution in [3.8, 4) is 5.75 Å². The fourth-order valence-corrected chi connectivity index (χ4v) is 1.69. The standard InChI is InChI=1S/C13H18ClNO3/c1-17-8-4-3-5-13(16)15-12-7-6-10(18-2)9-11(12)14/h6-7,9H,3-5,8H2,1-2H3,(H,15,16). The Hall–Kier alpha value is -1.26. The molecule has 0 atom stereocenters. The second-order valence-corrected chi connectivity index (χ2v) is 4.25. The summed E-state index contributed by atoms with van der Waals surface area (Å²) in [5, 5.41) is 3.24. The number of halogens is 1. The van der Waals surface area contributed by atoms with Crippen molar-refractivity contribution in [3.05, 3.63) is 23.2 Å². The van der Waals surface area contributed by atoms with Crippen LogP contribution in [0.2, 0.25) is 5.02 Å². The highest BCUT2D eigenvalue weighted by Crippen LogP contribution is 2.26. The van der Waals surface area contributed by atoms with Crippen LogP contribution in [0.4, 0.5) is 5.69 Å². The van der Waals surface area contributed by atoms with E-state index in [9.17, 15) is 4.79 Å². The largest absolute Gasteiger partial charge is 0.497 e. The van der Waals surface area contributed by atoms with Crippen molar-refractivity contribution >= 4 is 23.2 Å². The Morgan fingerprint density at radius 1 is 1.33 bits per heavy atom. The Balaban J connectivity index is 2.44. The summed E-state index contributed by atoms with van der Waals surface area (Å²) in [7, 11) is 3.22. The van der Waals surface area contributed by atoms with Crippen molar-refractivity contribution < 1.29 is 14.3 Å². The van der Waals surface area contributed by atoms with Crippen molar-refractivity contribution in [2.75, 3.05) is 26.1 Å². The van der Waals surface area contributed by atoms with Crippen molar-refractivity contribution in [1.82, 2.24) is 0 Å². The first-order chi connectivity index (χ1) is 8.67. The van der Waals surface area contributed by atoms with Crippen LogP contribution in [0.3, 0.4) is 0 Å². The highest BCUT2D eigenvalue weighted by atomic mass is 35.5. The molecule has 0 heterocycles. The van der Waals surface area contributed by atoms with Crippen LogP contribution in [0.1, 0.15) is 19.3 Å². The van der Waals surface area contributed by atoms with Crippen LogP contribution in [0.5, 0.6) is 5.75 Å². The van der Waals surface area contributed by atoms with Crippen LogP contribution in [0.15, 0.2) is 18.2 Å². The van der Waals surface area contributed by atoms with Crippen LogP contribution in [0.25, 0.3) is 0 Å². The molecule has 1 aromatic carbocycles. The summed E-state index contributed by atoms with van der Waals surface area (Å²) in [6, 6.07) is 5.16. The van der Waals surface area contributed by atoms with Gasteiger partial charge in [0.25, 0.3) is 0 Å². The Kier molecular flexibility index (Phi) is 6.54. The number of anilines is 1. The average Bonchev–Trinajstić information content (AvgIpc) is 2.37. The Labute approximate surface area is 112 Å². The summed E-state index contributed by atoms with van der Waals surface area (Å²) >= 11 is 6.02. The van der Waals surface area contributed by atoms with Gasteiger partial charge in [-0.1, -0.05) is 11.6 Å². The molecule has 5 heteroatoms. The zero-order chi connectivity index (χ0) is 13.4. The van der Waals surface area contributed by atoms with Gasteiger partial charge in [0.2, 0.25) is 5.91 Å². The molecular formula is C13H18ClNO3. The van der Waals surface area contributed by atoms with Crippen molar-refractivity contribution in [1.29, 1.82) is 0 Å². The second kappa shape index (κ2) is 7.95. The first-order valence-corrected chi connectivity index (χ1v) is 6.17. The second-order valence-electron chi connectivity index (χ2n) is 3.84. The van der Waals surface area contributed by atoms with Crippen LogP contribution < -0.4 is 10.1 Å². The summed E-state index contributed by atoms with van der Waals surface area (Å²) < 4.78 is 9.96. The first-order valence-electron chi connectivity index (χ1n) is 5.79. The lowest BCUT2D eigenvalue weighted by molar-refractivity contribution is -0.116. The van der Waals surface area contributed by atoms with Gasteiger partial charge < -0.3 is 14.8 Å². The number of benzene rings is 1. The van der Waals surface area contributed by atoms with E-state index >= 15 is 0 Å². The number of rotatable bonds is 7. The van der Waals surface area contributed by atoms with Gasteiger partial charge in [0.1, 0.15) is 5.75 Å². The Bertz CT molecular complexity index is 396. The zero-order valence-corrected chi connectivity index (χ0v) is 11.4. The lowest BCUT2D eigenvalue weighted by Crippen LogP contribution is -2.11. The van der Waals surface area contributed by atoms with Gasteiger partial charge in [-0.15, -0.1) is 0 Å². The molecule has 0 unspecified atom stereocenters. The number of amides is 1. The molecule has 1 aromatic rings. The van der Waals surface area contributed by atoms with Gasteiger partial charge >= 0.3 is 0 Å². The number of nitrogens with one attached hydrogen (secondary N) is 1. The van der Waals surface area contributed by atoms with Crippen LogP contribution in [-0.4, -0.2) is 26.7 Å². The minimum atomic E-state index is -0.0434. The Morgan fingerprint density at radius 2 is 2.11 bits per heavy atom. The molecule has 100 valence electrons. The van der Waals surface area contributed by atoms with Crippen molar-refractivity contribution in [2.45, 2.75) is 19.3 Å². The lowest BCUT2D eigenvalue weighted by atomic mass is 10.2. The third-order valence-electron chi connectivity index (χ3n) is 2.45. The van der Waals surface area contributed by atoms with Gasteiger partial charge in [0.15, 0.2) is 0 Å². The van der Waals surface area contributed by atoms with E-state index in [-0.39, 0.29) is 5.91 Å². The molecule has 0 aliphatic heterocycles. The highest BCUT2D eigenvalue weighted by Gasteiger charge is 2.06. The lowest BCUT2D eigenvalue weighted by Gasteiger charge is -2.08. The number of carbonyl (C=O) groups excluding carboxylic acids is 1. The number of carbonyl (C=O) groups is 1. The highest BCUT2D eigenvalue weighted by molar-refractivity contribution is 6.33. The number of ether oxygens (including phenoxy) is 2. The monoisotopic (exact) mass is 271 g/mol. The number of hydrogen-bond acceptors (Lipinski definition) is 3. The summed E-state index contributed by atoms with van der Waals surface area (Å²) in [6.45, 7) is 0.677. The molecule has 4 nitrogen and oxygen atoms in total. The summed E-state index contributed by atoms with van der Waals surface area (Å²) in [5.74, 6) is 0.622. The summed E-state index contributed by atoms with van der Waals surface area (Å²) in [4.78, 5) is 11.6. The van der Waals surface area contributed by atoms with Crippen LogP contribution in [-0.2, 0) is 9.53 Å². The molecule has 0 saturated heterocycles. The molecule has 0 saturated carbocycles. The van der Waals surface area contributed by atoms with Gasteiger partial charge in [0, 0.05) is 26.2 Å². The molecule has 0 radical (unpaired) electrons. The maximum Gasteiger partial charge on any atom is 0.224 e. The fraction of sp³-hybridized carbons (Fsp3) is 0.462. The third-order valence-corrected chi connectivity index (χ3v) is 2.77. The van der Waals surface area contributed by atoms with E-state index in [0.717, 1.165) is 12.8 Å². The van der Waals surface area contributed by atoms with Crippen LogP contribution in [0, 0.1) is 0 Å². The molecule has 0 spiro atoms. The molecule has 1 rings (SSSR count). The van der Waals surface area contributed by atoms with Gasteiger partial charge in [-0.3, -0.25) is 4.79 Å². The minimum absolute atomic E-state index is 0.0434. The molecule has 0 aliphatic carbocycles. The van der Waals surface area contributed by atoms with E-state index < -0.39 is 0 Å². The predicted octanol–water partition coefficient (Wildman–Crippen LogP) is 3.10. The van der Waals surface area contributed by atoms with Gasteiger partial charge in [-0.05, 0) is 25.0 Å². The van der Waals surface area contributed by atoms with Crippen molar-refractivity contribution in [3.63, 3.8) is 0 Å². The smallest absolute Gasteiger partial charge is 0.224 e. The molecule has 0 fully saturated rings. The Morgan fingerprint density at radius 3 is 2.72 bits per heavy atom. The number of unbranched alkanes of at least 4 members (excludes halogenated alkanes) is 1. The van der Waals surface area contributed by atoms with E-state index in [4.69, 9.17) is 21.1 Å². The molecule has 18 heavy (non-hydrogen) atoms. The first kappa shape index (κ1) is 14.8. The molecule has 0 aromatic heterocycles. The topological polar surface area (TPSA) is 47.6 Å². The summed E-state index contributed by atoms with van der Waals surface area (Å²) in [5.41, 5.74) is 0.606. The molecule has 0 aliphatic rings. The van der Waals surface area contributed by atoms with E-state index in [1.807, 2.05) is 0 Å². The minimum Gasteiger partial charge on any atom is -0.497 e. The number of hydrogen-bond donors (Lipinski definition) is 1. The van der Waals surface area contributed by atoms with Gasteiger partial charge in [-0.25, -0.2) is 0 Å². The predicted molar refractivity (Wildman–Crippen MR) is 72.4 cm³/mol. The average molecular weight is 272 g/mol. The SMILES string of the molecule is COCCCCC(=O)Nc1ccc(OC)cc1Cl. The normalized spacial score (nSPS) is 10.2. The van der Waals surface area contributed by atoms with E-state index in [2.05, 4.69) is 5.32 Å². The van der Waals surface area contributed by atoms with Gasteiger partial charge in [-0.2, -0.15) is 0 Å². The van der Waals surface area contributed by atoms with E-state index in [0.29, 0.717) is 29.5 Å². The van der Waals surface area contributed by atoms with E-state index in [1.54, 1.807) is 32.4 Å². The van der Waals surface area contributed by atoms with Crippen molar-refractivity contribution in [2.24, 2.45) is 0 Å². The quantitative estimate of drug-likeness (QED) is 0.775. The summed E-state index contributed by atoms with van der Waals surface area (Å²) in [6.07, 6.45) is 2.14. The molecule has 1 amide bonds. The molecule has 0 bridgehead atoms. The van der Waals surface area contributed by atoms with E-state index in [1.165, 1.54) is 0 Å². The third kappa shape index (κ3) is 4.94. The van der Waals surface area contributed by atoms with Crippen LogP contribution >= 0.6 is 11.6 Å². The fourth-order valence-electron chi connectivity index (χ4n) is 1.47. The zero-order valence-electron chi connectivity index (χ0n) is 10.7.